The molecule has 3 rings (SSSR count). The molecular formula is C20H25N3O5. The average molecular weight is 387 g/mol. The van der Waals surface area contributed by atoms with E-state index in [2.05, 4.69) is 10.6 Å². The highest BCUT2D eigenvalue weighted by molar-refractivity contribution is 5.94. The van der Waals surface area contributed by atoms with Gasteiger partial charge in [-0.3, -0.25) is 14.5 Å². The van der Waals surface area contributed by atoms with E-state index < -0.39 is 0 Å². The van der Waals surface area contributed by atoms with Gasteiger partial charge in [-0.2, -0.15) is 0 Å². The Labute approximate surface area is 163 Å². The molecule has 1 aliphatic rings. The third-order valence-corrected chi connectivity index (χ3v) is 4.71. The molecule has 150 valence electrons. The van der Waals surface area contributed by atoms with Crippen LogP contribution < -0.4 is 20.1 Å². The number of hydrogen-bond donors (Lipinski definition) is 2. The standard InChI is InChI=1S/C20H25N3O5/c1-26-14-7-8-18(27-2)16(11-14)22-19(24)13-23-9-3-6-17(23)20(25)21-12-15-5-4-10-28-15/h4-5,7-8,10-11,17H,3,6,9,12-13H2,1-2H3,(H,21,25)(H,22,24). The Hall–Kier alpha value is -3.00. The Morgan fingerprint density at radius 2 is 2.11 bits per heavy atom. The number of nitrogens with zero attached hydrogens (tertiary/aromatic N) is 1. The van der Waals surface area contributed by atoms with Gasteiger partial charge in [0.05, 0.1) is 45.3 Å². The first kappa shape index (κ1) is 19.8. The van der Waals surface area contributed by atoms with E-state index in [1.807, 2.05) is 11.0 Å². The summed E-state index contributed by atoms with van der Waals surface area (Å²) in [5.41, 5.74) is 0.532. The van der Waals surface area contributed by atoms with E-state index in [4.69, 9.17) is 13.9 Å². The van der Waals surface area contributed by atoms with Crippen LogP contribution in [0.15, 0.2) is 41.0 Å². The Balaban J connectivity index is 1.57. The minimum atomic E-state index is -0.326. The lowest BCUT2D eigenvalue weighted by molar-refractivity contribution is -0.126. The zero-order valence-corrected chi connectivity index (χ0v) is 16.1. The molecule has 1 aromatic heterocycles. The smallest absolute Gasteiger partial charge is 0.238 e. The summed E-state index contributed by atoms with van der Waals surface area (Å²) in [5, 5.41) is 5.72. The zero-order valence-electron chi connectivity index (χ0n) is 16.1. The van der Waals surface area contributed by atoms with Crippen molar-refractivity contribution < 1.29 is 23.5 Å². The average Bonchev–Trinajstić information content (AvgIpc) is 3.38. The van der Waals surface area contributed by atoms with Crippen molar-refractivity contribution in [3.8, 4) is 11.5 Å². The number of methoxy groups -OCH3 is 2. The van der Waals surface area contributed by atoms with Crippen molar-refractivity contribution >= 4 is 17.5 Å². The third-order valence-electron chi connectivity index (χ3n) is 4.71. The highest BCUT2D eigenvalue weighted by atomic mass is 16.5. The summed E-state index contributed by atoms with van der Waals surface area (Å²) in [6, 6.07) is 8.45. The first-order valence-electron chi connectivity index (χ1n) is 9.16. The SMILES string of the molecule is COc1ccc(OC)c(NC(=O)CN2CCCC2C(=O)NCc2ccco2)c1. The van der Waals surface area contributed by atoms with Crippen LogP contribution in [0.2, 0.25) is 0 Å². The number of anilines is 1. The van der Waals surface area contributed by atoms with Crippen molar-refractivity contribution in [1.29, 1.82) is 0 Å². The fourth-order valence-electron chi connectivity index (χ4n) is 3.30. The second-order valence-corrected chi connectivity index (χ2v) is 6.54. The van der Waals surface area contributed by atoms with E-state index in [9.17, 15) is 9.59 Å². The molecule has 0 bridgehead atoms. The molecule has 1 atom stereocenters. The van der Waals surface area contributed by atoms with Gasteiger partial charge in [-0.15, -0.1) is 0 Å². The summed E-state index contributed by atoms with van der Waals surface area (Å²) >= 11 is 0. The number of furan rings is 1. The van der Waals surface area contributed by atoms with Gasteiger partial charge < -0.3 is 24.5 Å². The molecule has 0 saturated carbocycles. The number of hydrogen-bond acceptors (Lipinski definition) is 6. The lowest BCUT2D eigenvalue weighted by Gasteiger charge is -2.23. The van der Waals surface area contributed by atoms with Gasteiger partial charge in [0.15, 0.2) is 0 Å². The molecule has 1 saturated heterocycles. The summed E-state index contributed by atoms with van der Waals surface area (Å²) in [7, 11) is 3.10. The number of carbonyl (C=O) groups is 2. The van der Waals surface area contributed by atoms with E-state index in [0.717, 1.165) is 12.8 Å². The molecule has 8 heteroatoms. The number of amides is 2. The van der Waals surface area contributed by atoms with Crippen LogP contribution in [0.25, 0.3) is 0 Å². The fraction of sp³-hybridized carbons (Fsp3) is 0.400. The third kappa shape index (κ3) is 4.83. The van der Waals surface area contributed by atoms with Crippen LogP contribution >= 0.6 is 0 Å². The fourth-order valence-corrected chi connectivity index (χ4v) is 3.30. The summed E-state index contributed by atoms with van der Waals surface area (Å²) < 4.78 is 15.7. The molecule has 2 heterocycles. The summed E-state index contributed by atoms with van der Waals surface area (Å²) in [4.78, 5) is 27.0. The number of nitrogens with one attached hydrogen (secondary N) is 2. The Morgan fingerprint density at radius 1 is 1.25 bits per heavy atom. The van der Waals surface area contributed by atoms with Crippen molar-refractivity contribution in [1.82, 2.24) is 10.2 Å². The maximum absolute atomic E-state index is 12.6. The first-order valence-corrected chi connectivity index (χ1v) is 9.16. The van der Waals surface area contributed by atoms with Crippen LogP contribution in [-0.4, -0.2) is 50.1 Å². The van der Waals surface area contributed by atoms with Gasteiger partial charge in [-0.1, -0.05) is 0 Å². The molecule has 28 heavy (non-hydrogen) atoms. The predicted octanol–water partition coefficient (Wildman–Crippen LogP) is 2.02. The lowest BCUT2D eigenvalue weighted by atomic mass is 10.2. The summed E-state index contributed by atoms with van der Waals surface area (Å²) in [6.07, 6.45) is 3.16. The minimum Gasteiger partial charge on any atom is -0.497 e. The molecule has 1 unspecified atom stereocenters. The van der Waals surface area contributed by atoms with Crippen molar-refractivity contribution in [2.24, 2.45) is 0 Å². The molecule has 2 amide bonds. The molecule has 2 aromatic rings. The van der Waals surface area contributed by atoms with Gasteiger partial charge in [0.2, 0.25) is 11.8 Å². The molecular weight excluding hydrogens is 362 g/mol. The van der Waals surface area contributed by atoms with E-state index in [1.165, 1.54) is 7.11 Å². The van der Waals surface area contributed by atoms with Crippen LogP contribution in [-0.2, 0) is 16.1 Å². The highest BCUT2D eigenvalue weighted by Gasteiger charge is 2.32. The maximum atomic E-state index is 12.6. The molecule has 0 aliphatic carbocycles. The molecule has 2 N–H and O–H groups in total. The number of likely N-dealkylation sites (tertiary alicyclic amines) is 1. The van der Waals surface area contributed by atoms with E-state index in [0.29, 0.717) is 36.0 Å². The number of rotatable bonds is 8. The second-order valence-electron chi connectivity index (χ2n) is 6.54. The highest BCUT2D eigenvalue weighted by Crippen LogP contribution is 2.29. The molecule has 1 fully saturated rings. The van der Waals surface area contributed by atoms with Gasteiger partial charge in [-0.25, -0.2) is 0 Å². The van der Waals surface area contributed by atoms with Crippen LogP contribution in [0.5, 0.6) is 11.5 Å². The predicted molar refractivity (Wildman–Crippen MR) is 103 cm³/mol. The second kappa shape index (κ2) is 9.27. The number of ether oxygens (including phenoxy) is 2. The largest absolute Gasteiger partial charge is 0.497 e. The van der Waals surface area contributed by atoms with Gasteiger partial charge in [-0.05, 0) is 43.7 Å². The molecule has 8 nitrogen and oxygen atoms in total. The zero-order chi connectivity index (χ0) is 19.9. The van der Waals surface area contributed by atoms with Crippen molar-refractivity contribution in [3.63, 3.8) is 0 Å². The topological polar surface area (TPSA) is 93.0 Å². The Bertz CT molecular complexity index is 806. The van der Waals surface area contributed by atoms with Crippen molar-refractivity contribution in [2.75, 3.05) is 32.6 Å². The summed E-state index contributed by atoms with van der Waals surface area (Å²) in [5.74, 6) is 1.55. The minimum absolute atomic E-state index is 0.0966. The van der Waals surface area contributed by atoms with Crippen LogP contribution in [0.1, 0.15) is 18.6 Å². The Morgan fingerprint density at radius 3 is 2.82 bits per heavy atom. The number of carbonyl (C=O) groups excluding carboxylic acids is 2. The number of benzene rings is 1. The first-order chi connectivity index (χ1) is 13.6. The van der Waals surface area contributed by atoms with E-state index in [-0.39, 0.29) is 24.4 Å². The molecule has 0 radical (unpaired) electrons. The lowest BCUT2D eigenvalue weighted by Crippen LogP contribution is -2.45. The molecule has 0 spiro atoms. The Kier molecular flexibility index (Phi) is 6.54. The van der Waals surface area contributed by atoms with Crippen LogP contribution in [0.3, 0.4) is 0 Å². The monoisotopic (exact) mass is 387 g/mol. The van der Waals surface area contributed by atoms with E-state index >= 15 is 0 Å². The maximum Gasteiger partial charge on any atom is 0.238 e. The summed E-state index contributed by atoms with van der Waals surface area (Å²) in [6.45, 7) is 1.16. The van der Waals surface area contributed by atoms with Crippen LogP contribution in [0.4, 0.5) is 5.69 Å². The normalized spacial score (nSPS) is 16.6. The molecule has 1 aromatic carbocycles. The molecule has 1 aliphatic heterocycles. The van der Waals surface area contributed by atoms with Gasteiger partial charge in [0.25, 0.3) is 0 Å². The van der Waals surface area contributed by atoms with E-state index in [1.54, 1.807) is 37.6 Å². The van der Waals surface area contributed by atoms with Crippen molar-refractivity contribution in [3.05, 3.63) is 42.4 Å². The van der Waals surface area contributed by atoms with Gasteiger partial charge >= 0.3 is 0 Å². The quantitative estimate of drug-likeness (QED) is 0.720. The van der Waals surface area contributed by atoms with Gasteiger partial charge in [0, 0.05) is 6.07 Å². The van der Waals surface area contributed by atoms with Gasteiger partial charge in [0.1, 0.15) is 17.3 Å². The van der Waals surface area contributed by atoms with Crippen LogP contribution in [0, 0.1) is 0 Å². The van der Waals surface area contributed by atoms with Crippen molar-refractivity contribution in [2.45, 2.75) is 25.4 Å².